The molecule has 1 fully saturated rings. The third-order valence-electron chi connectivity index (χ3n) is 2.15. The minimum absolute atomic E-state index is 0.102. The number of aliphatic imine (C=N–C) groups is 1. The summed E-state index contributed by atoms with van der Waals surface area (Å²) in [6.07, 6.45) is -1.46. The number of nitrogens with one attached hydrogen (secondary N) is 3. The monoisotopic (exact) mass is 244 g/mol. The van der Waals surface area contributed by atoms with Crippen LogP contribution in [0.1, 0.15) is 0 Å². The van der Waals surface area contributed by atoms with E-state index in [1.165, 1.54) is 12.4 Å². The maximum atomic E-state index is 11.5. The highest BCUT2D eigenvalue weighted by Crippen LogP contribution is 2.09. The van der Waals surface area contributed by atoms with Crippen LogP contribution in [0.2, 0.25) is 0 Å². The number of hydrogen-bond donors (Lipinski definition) is 7. The van der Waals surface area contributed by atoms with Crippen molar-refractivity contribution in [2.45, 2.75) is 18.4 Å². The van der Waals surface area contributed by atoms with Gasteiger partial charge in [-0.2, -0.15) is 0 Å². The van der Waals surface area contributed by atoms with E-state index in [1.54, 1.807) is 0 Å². The lowest BCUT2D eigenvalue weighted by Crippen LogP contribution is -2.75. The molecule has 1 amide bonds. The molecule has 8 N–H and O–H groups in total. The van der Waals surface area contributed by atoms with Gasteiger partial charge in [0.1, 0.15) is 0 Å². The fourth-order valence-electron chi connectivity index (χ4n) is 1.52. The van der Waals surface area contributed by atoms with Crippen molar-refractivity contribution in [3.05, 3.63) is 12.4 Å². The fourth-order valence-corrected chi connectivity index (χ4v) is 1.52. The van der Waals surface area contributed by atoms with Crippen molar-refractivity contribution in [2.24, 2.45) is 10.7 Å². The molecule has 0 aromatic carbocycles. The SMILES string of the molecule is NC1NC(=O)C2NC=CN=C2N1NC(O)(O)O. The molecule has 0 aromatic rings. The van der Waals surface area contributed by atoms with Gasteiger partial charge in [0.15, 0.2) is 18.2 Å². The minimum Gasteiger partial charge on any atom is -0.372 e. The molecule has 1 saturated heterocycles. The van der Waals surface area contributed by atoms with Gasteiger partial charge in [0.25, 0.3) is 5.91 Å². The average molecular weight is 244 g/mol. The van der Waals surface area contributed by atoms with Gasteiger partial charge in [0.2, 0.25) is 0 Å². The largest absolute Gasteiger partial charge is 0.372 e. The molecule has 0 saturated carbocycles. The molecule has 10 heteroatoms. The number of hydrazine groups is 1. The standard InChI is InChI=1S/C7H12N6O4/c8-6-11-5(14)3-4(10-2-1-9-3)13(6)12-7(15,16)17/h1-3,6,9,12,15-17H,8H2,(H,11,14). The Kier molecular flexibility index (Phi) is 2.73. The predicted octanol–water partition coefficient (Wildman–Crippen LogP) is -4.41. The number of rotatable bonds is 2. The molecule has 17 heavy (non-hydrogen) atoms. The average Bonchev–Trinajstić information content (AvgIpc) is 2.23. The minimum atomic E-state index is -3.17. The first-order valence-corrected chi connectivity index (χ1v) is 4.67. The Morgan fingerprint density at radius 1 is 1.53 bits per heavy atom. The highest BCUT2D eigenvalue weighted by Gasteiger charge is 2.40. The van der Waals surface area contributed by atoms with E-state index in [2.05, 4.69) is 15.6 Å². The summed E-state index contributed by atoms with van der Waals surface area (Å²) in [5.41, 5.74) is 7.43. The number of nitrogens with two attached hydrogens (primary N) is 1. The summed E-state index contributed by atoms with van der Waals surface area (Å²) in [6, 6.07) is -0.824. The molecule has 2 atom stereocenters. The van der Waals surface area contributed by atoms with Crippen LogP contribution in [0.25, 0.3) is 0 Å². The highest BCUT2D eigenvalue weighted by atomic mass is 16.7. The van der Waals surface area contributed by atoms with Gasteiger partial charge in [-0.3, -0.25) is 15.5 Å². The molecular formula is C7H12N6O4. The van der Waals surface area contributed by atoms with E-state index < -0.39 is 24.3 Å². The smallest absolute Gasteiger partial charge is 0.360 e. The van der Waals surface area contributed by atoms with Crippen molar-refractivity contribution < 1.29 is 20.1 Å². The molecule has 0 radical (unpaired) electrons. The predicted molar refractivity (Wildman–Crippen MR) is 54.0 cm³/mol. The molecule has 2 aliphatic heterocycles. The molecule has 0 aliphatic carbocycles. The number of amides is 1. The van der Waals surface area contributed by atoms with E-state index in [4.69, 9.17) is 21.1 Å². The van der Waals surface area contributed by atoms with Crippen molar-refractivity contribution in [3.8, 4) is 0 Å². The number of nitrogens with zero attached hydrogens (tertiary/aromatic N) is 2. The third kappa shape index (κ3) is 2.35. The van der Waals surface area contributed by atoms with Gasteiger partial charge in [-0.25, -0.2) is 4.99 Å². The first-order valence-electron chi connectivity index (χ1n) is 4.67. The lowest BCUT2D eigenvalue weighted by molar-refractivity contribution is -0.351. The zero-order valence-corrected chi connectivity index (χ0v) is 8.53. The van der Waals surface area contributed by atoms with Crippen LogP contribution in [0.15, 0.2) is 17.4 Å². The third-order valence-corrected chi connectivity index (χ3v) is 2.15. The van der Waals surface area contributed by atoms with Gasteiger partial charge in [0.05, 0.1) is 0 Å². The number of aliphatic hydroxyl groups is 3. The van der Waals surface area contributed by atoms with Crippen LogP contribution >= 0.6 is 0 Å². The second kappa shape index (κ2) is 3.94. The summed E-state index contributed by atoms with van der Waals surface area (Å²) in [5, 5.41) is 32.5. The molecule has 2 aliphatic rings. The maximum Gasteiger partial charge on any atom is 0.360 e. The van der Waals surface area contributed by atoms with E-state index in [9.17, 15) is 4.79 Å². The molecule has 0 aromatic heterocycles. The first-order chi connectivity index (χ1) is 7.88. The van der Waals surface area contributed by atoms with Crippen molar-refractivity contribution in [3.63, 3.8) is 0 Å². The van der Waals surface area contributed by atoms with Crippen LogP contribution in [-0.4, -0.2) is 50.5 Å². The van der Waals surface area contributed by atoms with Crippen LogP contribution in [-0.2, 0) is 4.79 Å². The molecule has 94 valence electrons. The van der Waals surface area contributed by atoms with Gasteiger partial charge < -0.3 is 26.0 Å². The lowest BCUT2D eigenvalue weighted by atomic mass is 10.2. The lowest BCUT2D eigenvalue weighted by Gasteiger charge is -2.41. The van der Waals surface area contributed by atoms with Crippen LogP contribution in [0.3, 0.4) is 0 Å². The Hall–Kier alpha value is -1.72. The normalized spacial score (nSPS) is 28.1. The van der Waals surface area contributed by atoms with Crippen molar-refractivity contribution in [1.29, 1.82) is 0 Å². The zero-order valence-electron chi connectivity index (χ0n) is 8.53. The van der Waals surface area contributed by atoms with Gasteiger partial charge in [0, 0.05) is 12.4 Å². The molecular weight excluding hydrogens is 232 g/mol. The molecule has 2 unspecified atom stereocenters. The Bertz CT molecular complexity index is 388. The first kappa shape index (κ1) is 11.8. The summed E-state index contributed by atoms with van der Waals surface area (Å²) >= 11 is 0. The Morgan fingerprint density at radius 3 is 2.88 bits per heavy atom. The van der Waals surface area contributed by atoms with Crippen molar-refractivity contribution in [2.75, 3.05) is 0 Å². The topological polar surface area (TPSA) is 155 Å². The van der Waals surface area contributed by atoms with Gasteiger partial charge >= 0.3 is 6.10 Å². The zero-order chi connectivity index (χ0) is 12.6. The van der Waals surface area contributed by atoms with Crippen molar-refractivity contribution >= 4 is 11.7 Å². The maximum absolute atomic E-state index is 11.5. The molecule has 10 nitrogen and oxygen atoms in total. The van der Waals surface area contributed by atoms with E-state index >= 15 is 0 Å². The Balaban J connectivity index is 2.26. The summed E-state index contributed by atoms with van der Waals surface area (Å²) in [6.45, 7) is 0. The summed E-state index contributed by atoms with van der Waals surface area (Å²) in [5.74, 6) is -0.316. The van der Waals surface area contributed by atoms with Crippen LogP contribution in [0.4, 0.5) is 0 Å². The molecule has 0 bridgehead atoms. The highest BCUT2D eigenvalue weighted by molar-refractivity contribution is 6.09. The summed E-state index contributed by atoms with van der Waals surface area (Å²) in [4.78, 5) is 15.4. The van der Waals surface area contributed by atoms with Crippen LogP contribution in [0, 0.1) is 0 Å². The van der Waals surface area contributed by atoms with Gasteiger partial charge in [-0.1, -0.05) is 0 Å². The van der Waals surface area contributed by atoms with Crippen molar-refractivity contribution in [1.82, 2.24) is 21.1 Å². The fraction of sp³-hybridized carbons (Fsp3) is 0.429. The number of amidine groups is 1. The van der Waals surface area contributed by atoms with Gasteiger partial charge in [-0.05, 0) is 0 Å². The van der Waals surface area contributed by atoms with Crippen LogP contribution < -0.4 is 21.8 Å². The number of fused-ring (bicyclic) bond motifs is 1. The molecule has 2 rings (SSSR count). The number of hydrogen-bond acceptors (Lipinski definition) is 9. The second-order valence-corrected chi connectivity index (χ2v) is 3.47. The van der Waals surface area contributed by atoms with E-state index in [-0.39, 0.29) is 5.84 Å². The second-order valence-electron chi connectivity index (χ2n) is 3.47. The van der Waals surface area contributed by atoms with E-state index in [0.717, 1.165) is 5.01 Å². The van der Waals surface area contributed by atoms with Gasteiger partial charge in [-0.15, -0.1) is 5.43 Å². The molecule has 0 spiro atoms. The van der Waals surface area contributed by atoms with E-state index in [1.807, 2.05) is 5.43 Å². The number of carbonyl (C=O) groups is 1. The quantitative estimate of drug-likeness (QED) is 0.240. The molecule has 2 heterocycles. The van der Waals surface area contributed by atoms with Crippen LogP contribution in [0.5, 0.6) is 0 Å². The summed E-state index contributed by atoms with van der Waals surface area (Å²) < 4.78 is 0. The Labute approximate surface area is 95.4 Å². The summed E-state index contributed by atoms with van der Waals surface area (Å²) in [7, 11) is 0. The Morgan fingerprint density at radius 2 is 2.24 bits per heavy atom. The number of carbonyl (C=O) groups excluding carboxylic acids is 1. The van der Waals surface area contributed by atoms with E-state index in [0.29, 0.717) is 0 Å².